The first-order valence-corrected chi connectivity index (χ1v) is 13.2. The number of carbonyl (C=O) groups is 1. The second kappa shape index (κ2) is 7.67. The molecule has 4 N–H and O–H groups in total. The molecule has 9 atom stereocenters. The average Bonchev–Trinajstić information content (AvgIpc) is 3.14. The Bertz CT molecular complexity index is 1170. The molecular formula is C29H37NO6. The van der Waals surface area contributed by atoms with Gasteiger partial charge < -0.3 is 25.2 Å². The Morgan fingerprint density at radius 2 is 1.94 bits per heavy atom. The van der Waals surface area contributed by atoms with Gasteiger partial charge in [-0.05, 0) is 65.7 Å². The van der Waals surface area contributed by atoms with Crippen molar-refractivity contribution >= 4 is 11.8 Å². The maximum absolute atomic E-state index is 13.5. The highest BCUT2D eigenvalue weighted by Gasteiger charge is 2.76. The normalized spacial score (nSPS) is 43.9. The van der Waals surface area contributed by atoms with Gasteiger partial charge in [0.2, 0.25) is 0 Å². The monoisotopic (exact) mass is 495 g/mol. The van der Waals surface area contributed by atoms with Gasteiger partial charge in [0, 0.05) is 12.5 Å². The second-order valence-electron chi connectivity index (χ2n) is 12.4. The van der Waals surface area contributed by atoms with Crippen LogP contribution in [0.3, 0.4) is 0 Å². The third-order valence-electron chi connectivity index (χ3n) is 10.5. The standard InChI is InChI=1S/C29H37NO6/c1-15-13-28-16(2)11-20-22(27(20,3)4)19(24(28)33)12-18(14-31)23(32)29(28,35)25(15)36-26(34)30-10-9-17-7-5-6-8-21(17)30/h5-8,12-13,16,19-20,22-25,31-33,35H,9-11,14H2,1-4H3/t16-,19+,20-,22-,23-,24?,25+,28+,29+/m1/s1. The number of nitrogens with zero attached hydrogens (tertiary/aromatic N) is 1. The minimum atomic E-state index is -2.02. The van der Waals surface area contributed by atoms with Crippen LogP contribution in [0.2, 0.25) is 0 Å². The van der Waals surface area contributed by atoms with Crippen LogP contribution in [-0.2, 0) is 11.2 Å². The molecule has 2 bridgehead atoms. The van der Waals surface area contributed by atoms with Crippen LogP contribution in [0.15, 0.2) is 47.6 Å². The zero-order valence-corrected chi connectivity index (χ0v) is 21.4. The summed E-state index contributed by atoms with van der Waals surface area (Å²) in [5, 5.41) is 46.5. The molecule has 2 saturated carbocycles. The molecule has 36 heavy (non-hydrogen) atoms. The lowest BCUT2D eigenvalue weighted by Crippen LogP contribution is -2.67. The number of ether oxygens (including phenoxy) is 1. The van der Waals surface area contributed by atoms with E-state index < -0.39 is 42.0 Å². The fourth-order valence-electron chi connectivity index (χ4n) is 8.60. The van der Waals surface area contributed by atoms with Gasteiger partial charge in [-0.2, -0.15) is 0 Å². The van der Waals surface area contributed by atoms with E-state index in [1.54, 1.807) is 17.9 Å². The van der Waals surface area contributed by atoms with Gasteiger partial charge in [-0.15, -0.1) is 0 Å². The molecule has 1 heterocycles. The van der Waals surface area contributed by atoms with Crippen molar-refractivity contribution in [1.29, 1.82) is 0 Å². The van der Waals surface area contributed by atoms with Gasteiger partial charge in [-0.3, -0.25) is 4.90 Å². The van der Waals surface area contributed by atoms with E-state index in [1.165, 1.54) is 0 Å². The van der Waals surface area contributed by atoms with Gasteiger partial charge in [0.1, 0.15) is 11.7 Å². The molecule has 0 saturated heterocycles. The van der Waals surface area contributed by atoms with Crippen molar-refractivity contribution < 1.29 is 30.0 Å². The van der Waals surface area contributed by atoms with Crippen LogP contribution in [0.25, 0.3) is 0 Å². The number of carbonyl (C=O) groups excluding carboxylic acids is 1. The molecule has 0 aromatic heterocycles. The molecule has 1 aromatic rings. The first kappa shape index (κ1) is 24.2. The number of amides is 1. The molecule has 2 fully saturated rings. The molecule has 0 radical (unpaired) electrons. The van der Waals surface area contributed by atoms with Crippen molar-refractivity contribution in [1.82, 2.24) is 0 Å². The Morgan fingerprint density at radius 1 is 1.22 bits per heavy atom. The third-order valence-corrected chi connectivity index (χ3v) is 10.5. The first-order chi connectivity index (χ1) is 17.0. The number of hydrogen-bond acceptors (Lipinski definition) is 6. The summed E-state index contributed by atoms with van der Waals surface area (Å²) in [6.45, 7) is 8.23. The van der Waals surface area contributed by atoms with E-state index in [4.69, 9.17) is 4.74 Å². The lowest BCUT2D eigenvalue weighted by molar-refractivity contribution is -0.214. The van der Waals surface area contributed by atoms with E-state index in [0.717, 1.165) is 24.1 Å². The number of anilines is 1. The van der Waals surface area contributed by atoms with Crippen LogP contribution in [0.1, 0.15) is 39.7 Å². The van der Waals surface area contributed by atoms with Gasteiger partial charge in [0.15, 0.2) is 6.10 Å². The molecule has 1 unspecified atom stereocenters. The smallest absolute Gasteiger partial charge is 0.415 e. The van der Waals surface area contributed by atoms with Crippen LogP contribution in [0.5, 0.6) is 0 Å². The van der Waals surface area contributed by atoms with Gasteiger partial charge in [0.25, 0.3) is 0 Å². The largest absolute Gasteiger partial charge is 0.438 e. The first-order valence-electron chi connectivity index (χ1n) is 13.2. The molecule has 6 rings (SSSR count). The number of fused-ring (bicyclic) bond motifs is 4. The molecule has 1 amide bonds. The zero-order chi connectivity index (χ0) is 25.8. The average molecular weight is 496 g/mol. The highest BCUT2D eigenvalue weighted by atomic mass is 16.6. The fraction of sp³-hybridized carbons (Fsp3) is 0.621. The number of aliphatic hydroxyl groups is 4. The molecule has 1 aliphatic heterocycles. The lowest BCUT2D eigenvalue weighted by atomic mass is 9.58. The van der Waals surface area contributed by atoms with E-state index in [0.29, 0.717) is 18.0 Å². The van der Waals surface area contributed by atoms with Crippen molar-refractivity contribution in [3.05, 3.63) is 53.1 Å². The van der Waals surface area contributed by atoms with Gasteiger partial charge in [-0.1, -0.05) is 51.1 Å². The Labute approximate surface area is 212 Å². The highest BCUT2D eigenvalue weighted by molar-refractivity contribution is 5.90. The van der Waals surface area contributed by atoms with E-state index in [1.807, 2.05) is 37.3 Å². The molecule has 5 aliphatic rings. The molecule has 194 valence electrons. The van der Waals surface area contributed by atoms with E-state index in [2.05, 4.69) is 13.8 Å². The number of para-hydroxylation sites is 1. The number of hydrogen-bond donors (Lipinski definition) is 4. The van der Waals surface area contributed by atoms with Crippen LogP contribution < -0.4 is 4.90 Å². The van der Waals surface area contributed by atoms with Gasteiger partial charge in [0.05, 0.1) is 23.8 Å². The Kier molecular flexibility index (Phi) is 5.15. The summed E-state index contributed by atoms with van der Waals surface area (Å²) in [4.78, 5) is 15.0. The van der Waals surface area contributed by atoms with Crippen molar-refractivity contribution in [2.24, 2.45) is 34.5 Å². The minimum absolute atomic E-state index is 0.0262. The van der Waals surface area contributed by atoms with Crippen molar-refractivity contribution in [2.45, 2.75) is 64.4 Å². The van der Waals surface area contributed by atoms with Crippen molar-refractivity contribution in [3.8, 4) is 0 Å². The lowest BCUT2D eigenvalue weighted by Gasteiger charge is -2.52. The summed E-state index contributed by atoms with van der Waals surface area (Å²) < 4.78 is 6.05. The maximum Gasteiger partial charge on any atom is 0.415 e. The van der Waals surface area contributed by atoms with E-state index >= 15 is 0 Å². The number of rotatable bonds is 2. The quantitative estimate of drug-likeness (QED) is 0.470. The molecule has 7 nitrogen and oxygen atoms in total. The summed E-state index contributed by atoms with van der Waals surface area (Å²) in [5.74, 6) is 0.0224. The Balaban J connectivity index is 1.43. The molecule has 7 heteroatoms. The molecular weight excluding hydrogens is 458 g/mol. The van der Waals surface area contributed by atoms with Crippen LogP contribution >= 0.6 is 0 Å². The SMILES string of the molecule is CC1=C[C@]23C(O)[C@@H](C=C(CO)[C@@H](O)[C@]2(O)[C@H]1OC(=O)N1CCc2ccccc21)[C@@H]1[C@@H](C[C@H]3C)C1(C)C. The summed E-state index contributed by atoms with van der Waals surface area (Å²) in [6, 6.07) is 7.67. The van der Waals surface area contributed by atoms with Crippen molar-refractivity contribution in [3.63, 3.8) is 0 Å². The fourth-order valence-corrected chi connectivity index (χ4v) is 8.60. The minimum Gasteiger partial charge on any atom is -0.438 e. The maximum atomic E-state index is 13.5. The molecule has 4 aliphatic carbocycles. The third kappa shape index (κ3) is 2.80. The summed E-state index contributed by atoms with van der Waals surface area (Å²) >= 11 is 0. The van der Waals surface area contributed by atoms with E-state index in [9.17, 15) is 25.2 Å². The predicted octanol–water partition coefficient (Wildman–Crippen LogP) is 2.81. The zero-order valence-electron chi connectivity index (χ0n) is 21.4. The number of benzene rings is 1. The van der Waals surface area contributed by atoms with E-state index in [-0.39, 0.29) is 28.7 Å². The second-order valence-corrected chi connectivity index (χ2v) is 12.4. The van der Waals surface area contributed by atoms with Crippen molar-refractivity contribution in [2.75, 3.05) is 18.1 Å². The summed E-state index contributed by atoms with van der Waals surface area (Å²) in [6.07, 6.45) is 0.893. The number of aliphatic hydroxyl groups excluding tert-OH is 3. The summed E-state index contributed by atoms with van der Waals surface area (Å²) in [7, 11) is 0. The topological polar surface area (TPSA) is 110 Å². The Hall–Kier alpha value is -2.19. The summed E-state index contributed by atoms with van der Waals surface area (Å²) in [5.41, 5.74) is -0.503. The van der Waals surface area contributed by atoms with Crippen LogP contribution in [0.4, 0.5) is 10.5 Å². The van der Waals surface area contributed by atoms with Gasteiger partial charge in [-0.25, -0.2) is 4.79 Å². The Morgan fingerprint density at radius 3 is 2.67 bits per heavy atom. The molecule has 1 spiro atoms. The van der Waals surface area contributed by atoms with Crippen LogP contribution in [0, 0.1) is 34.5 Å². The highest BCUT2D eigenvalue weighted by Crippen LogP contribution is 2.72. The molecule has 1 aromatic carbocycles. The predicted molar refractivity (Wildman–Crippen MR) is 134 cm³/mol. The van der Waals surface area contributed by atoms with Gasteiger partial charge >= 0.3 is 6.09 Å². The van der Waals surface area contributed by atoms with Crippen LogP contribution in [-0.4, -0.2) is 63.6 Å².